The Morgan fingerprint density at radius 3 is 2.49 bits per heavy atom. The number of aryl methyl sites for hydroxylation is 2. The van der Waals surface area contributed by atoms with Crippen LogP contribution in [0.25, 0.3) is 0 Å². The van der Waals surface area contributed by atoms with Crippen molar-refractivity contribution in [3.05, 3.63) is 105 Å². The summed E-state index contributed by atoms with van der Waals surface area (Å²) >= 11 is 3.36. The maximum absolute atomic E-state index is 14.0. The van der Waals surface area contributed by atoms with E-state index in [9.17, 15) is 10.1 Å². The number of thioether (sulfide) groups is 1. The van der Waals surface area contributed by atoms with Crippen LogP contribution >= 0.6 is 23.1 Å². The van der Waals surface area contributed by atoms with Crippen molar-refractivity contribution in [2.75, 3.05) is 11.2 Å². The van der Waals surface area contributed by atoms with Gasteiger partial charge in [-0.1, -0.05) is 48.5 Å². The van der Waals surface area contributed by atoms with E-state index < -0.39 is 5.92 Å². The van der Waals surface area contributed by atoms with E-state index in [0.29, 0.717) is 24.2 Å². The van der Waals surface area contributed by atoms with Gasteiger partial charge >= 0.3 is 0 Å². The fourth-order valence-electron chi connectivity index (χ4n) is 5.36. The van der Waals surface area contributed by atoms with E-state index in [4.69, 9.17) is 5.73 Å². The molecule has 2 atom stereocenters. The largest absolute Gasteiger partial charge is 0.384 e. The minimum absolute atomic E-state index is 0.0651. The first-order valence-electron chi connectivity index (χ1n) is 11.7. The molecular formula is C29H27N3OS2. The van der Waals surface area contributed by atoms with Crippen molar-refractivity contribution in [3.8, 4) is 6.07 Å². The molecule has 6 heteroatoms. The van der Waals surface area contributed by atoms with E-state index in [0.717, 1.165) is 42.7 Å². The van der Waals surface area contributed by atoms with Gasteiger partial charge in [-0.15, -0.1) is 23.1 Å². The Labute approximate surface area is 214 Å². The highest BCUT2D eigenvalue weighted by atomic mass is 32.2. The molecule has 1 aromatic heterocycles. The smallest absolute Gasteiger partial charge is 0.162 e. The minimum atomic E-state index is -0.438. The number of anilines is 1. The molecule has 0 bridgehead atoms. The Morgan fingerprint density at radius 1 is 1.09 bits per heavy atom. The number of carbonyl (C=O) groups excluding carboxylic acids is 1. The average Bonchev–Trinajstić information content (AvgIpc) is 3.24. The van der Waals surface area contributed by atoms with Gasteiger partial charge in [-0.3, -0.25) is 9.69 Å². The van der Waals surface area contributed by atoms with Crippen molar-refractivity contribution in [2.24, 2.45) is 5.73 Å². The van der Waals surface area contributed by atoms with Crippen LogP contribution in [0.5, 0.6) is 0 Å². The first-order valence-corrected chi connectivity index (χ1v) is 13.7. The van der Waals surface area contributed by atoms with Crippen LogP contribution in [0.2, 0.25) is 0 Å². The van der Waals surface area contributed by atoms with Gasteiger partial charge in [0.25, 0.3) is 0 Å². The van der Waals surface area contributed by atoms with E-state index in [1.807, 2.05) is 60.5 Å². The summed E-state index contributed by atoms with van der Waals surface area (Å²) in [5.41, 5.74) is 13.0. The molecule has 1 aliphatic heterocycles. The molecule has 0 unspecified atom stereocenters. The van der Waals surface area contributed by atoms with E-state index in [1.54, 1.807) is 23.1 Å². The van der Waals surface area contributed by atoms with Gasteiger partial charge in [-0.2, -0.15) is 5.26 Å². The molecule has 2 N–H and O–H groups in total. The summed E-state index contributed by atoms with van der Waals surface area (Å²) in [6, 6.07) is 22.8. The molecular weight excluding hydrogens is 470 g/mol. The topological polar surface area (TPSA) is 70.1 Å². The van der Waals surface area contributed by atoms with Crippen LogP contribution in [0.15, 0.2) is 87.5 Å². The zero-order chi connectivity index (χ0) is 24.7. The predicted molar refractivity (Wildman–Crippen MR) is 145 cm³/mol. The Morgan fingerprint density at radius 2 is 1.80 bits per heavy atom. The summed E-state index contributed by atoms with van der Waals surface area (Å²) in [6.07, 6.45) is 3.16. The highest BCUT2D eigenvalue weighted by molar-refractivity contribution is 8.00. The molecule has 0 fully saturated rings. The lowest BCUT2D eigenvalue weighted by Crippen LogP contribution is -2.40. The van der Waals surface area contributed by atoms with Gasteiger partial charge < -0.3 is 5.73 Å². The molecule has 2 aliphatic rings. The number of nitriles is 1. The number of carbonyl (C=O) groups is 1. The predicted octanol–water partition coefficient (Wildman–Crippen LogP) is 6.79. The second-order valence-electron chi connectivity index (χ2n) is 9.07. The van der Waals surface area contributed by atoms with Crippen LogP contribution in [0.4, 0.5) is 5.69 Å². The standard InChI is InChI=1S/C29H27N3OS2/c1-17-9-7-8-12-23(17)32-24-14-20(19-10-5-4-6-11-19)15-25(33)27(24)26(22(16-30)28(32)31)21-13-18(2)35-29(21)34-3/h4-13,20,26H,14-15,31H2,1-3H3/t20-,26-/m1/s1. The summed E-state index contributed by atoms with van der Waals surface area (Å²) in [5, 5.41) is 10.4. The first kappa shape index (κ1) is 23.5. The highest BCUT2D eigenvalue weighted by Crippen LogP contribution is 2.51. The van der Waals surface area contributed by atoms with Gasteiger partial charge in [0, 0.05) is 22.6 Å². The third kappa shape index (κ3) is 3.99. The van der Waals surface area contributed by atoms with Gasteiger partial charge in [0.05, 0.1) is 27.5 Å². The summed E-state index contributed by atoms with van der Waals surface area (Å²) in [4.78, 5) is 17.1. The lowest BCUT2D eigenvalue weighted by atomic mass is 9.72. The van der Waals surface area contributed by atoms with Gasteiger partial charge in [0.15, 0.2) is 5.78 Å². The number of benzene rings is 2. The zero-order valence-electron chi connectivity index (χ0n) is 20.0. The fourth-order valence-corrected chi connectivity index (χ4v) is 7.28. The highest BCUT2D eigenvalue weighted by Gasteiger charge is 2.44. The number of ketones is 1. The second kappa shape index (κ2) is 9.41. The number of hydrogen-bond donors (Lipinski definition) is 1. The first-order chi connectivity index (χ1) is 16.9. The van der Waals surface area contributed by atoms with Crippen molar-refractivity contribution in [1.29, 1.82) is 5.26 Å². The molecule has 1 aliphatic carbocycles. The third-order valence-corrected chi connectivity index (χ3v) is 9.16. The van der Waals surface area contributed by atoms with E-state index in [-0.39, 0.29) is 11.7 Å². The normalized spacial score (nSPS) is 20.2. The third-order valence-electron chi connectivity index (χ3n) is 6.94. The Balaban J connectivity index is 1.77. The van der Waals surface area contributed by atoms with Crippen LogP contribution in [0, 0.1) is 25.2 Å². The van der Waals surface area contributed by atoms with Crippen LogP contribution in [-0.4, -0.2) is 12.0 Å². The quantitative estimate of drug-likeness (QED) is 0.402. The number of rotatable bonds is 4. The number of nitrogens with zero attached hydrogens (tertiary/aromatic N) is 2. The number of Topliss-reactive ketones (excluding diaryl/α,β-unsaturated/α-hetero) is 1. The molecule has 176 valence electrons. The number of thiophene rings is 1. The molecule has 0 saturated heterocycles. The Hall–Kier alpha value is -3.27. The molecule has 2 aromatic carbocycles. The number of nitrogens with two attached hydrogens (primary N) is 1. The van der Waals surface area contributed by atoms with E-state index >= 15 is 0 Å². The Bertz CT molecular complexity index is 1410. The van der Waals surface area contributed by atoms with Crippen LogP contribution in [0.1, 0.15) is 46.2 Å². The molecule has 4 nitrogen and oxygen atoms in total. The molecule has 2 heterocycles. The van der Waals surface area contributed by atoms with Crippen molar-refractivity contribution in [2.45, 2.75) is 42.7 Å². The van der Waals surface area contributed by atoms with E-state index in [1.165, 1.54) is 0 Å². The molecule has 0 spiro atoms. The monoisotopic (exact) mass is 497 g/mol. The molecule has 0 amide bonds. The molecule has 5 rings (SSSR count). The summed E-state index contributed by atoms with van der Waals surface area (Å²) in [5.74, 6) is 0.144. The molecule has 0 radical (unpaired) electrons. The SMILES string of the molecule is CSc1sc(C)cc1[C@@H]1C(C#N)=C(N)N(c2ccccc2C)C2=C1C(=O)C[C@H](c1ccccc1)C2. The lowest BCUT2D eigenvalue weighted by molar-refractivity contribution is -0.116. The number of allylic oxidation sites excluding steroid dienone is 3. The van der Waals surface area contributed by atoms with E-state index in [2.05, 4.69) is 31.2 Å². The minimum Gasteiger partial charge on any atom is -0.384 e. The molecule has 3 aromatic rings. The van der Waals surface area contributed by atoms with Crippen molar-refractivity contribution < 1.29 is 4.79 Å². The van der Waals surface area contributed by atoms with Gasteiger partial charge in [-0.25, -0.2) is 0 Å². The zero-order valence-corrected chi connectivity index (χ0v) is 21.7. The van der Waals surface area contributed by atoms with Crippen LogP contribution < -0.4 is 10.6 Å². The van der Waals surface area contributed by atoms with Crippen molar-refractivity contribution in [1.82, 2.24) is 0 Å². The summed E-state index contributed by atoms with van der Waals surface area (Å²) < 4.78 is 1.13. The maximum atomic E-state index is 14.0. The van der Waals surface area contributed by atoms with Gasteiger partial charge in [0.2, 0.25) is 0 Å². The van der Waals surface area contributed by atoms with Crippen molar-refractivity contribution in [3.63, 3.8) is 0 Å². The van der Waals surface area contributed by atoms with Gasteiger partial charge in [-0.05, 0) is 61.3 Å². The lowest BCUT2D eigenvalue weighted by Gasteiger charge is -2.42. The van der Waals surface area contributed by atoms with Crippen molar-refractivity contribution >= 4 is 34.6 Å². The Kier molecular flexibility index (Phi) is 6.31. The summed E-state index contributed by atoms with van der Waals surface area (Å²) in [6.45, 7) is 4.10. The fraction of sp³-hybridized carbons (Fsp3) is 0.241. The maximum Gasteiger partial charge on any atom is 0.162 e. The van der Waals surface area contributed by atoms with Crippen LogP contribution in [-0.2, 0) is 4.79 Å². The number of para-hydroxylation sites is 1. The van der Waals surface area contributed by atoms with Crippen LogP contribution in [0.3, 0.4) is 0 Å². The number of hydrogen-bond acceptors (Lipinski definition) is 6. The van der Waals surface area contributed by atoms with Gasteiger partial charge in [0.1, 0.15) is 5.82 Å². The summed E-state index contributed by atoms with van der Waals surface area (Å²) in [7, 11) is 0. The second-order valence-corrected chi connectivity index (χ2v) is 11.4. The average molecular weight is 498 g/mol. The molecule has 0 saturated carbocycles. The molecule has 35 heavy (non-hydrogen) atoms.